The van der Waals surface area contributed by atoms with Gasteiger partial charge in [0.15, 0.2) is 0 Å². The zero-order chi connectivity index (χ0) is 13.5. The molecule has 0 saturated heterocycles. The summed E-state index contributed by atoms with van der Waals surface area (Å²) in [4.78, 5) is 5.61. The molecule has 1 unspecified atom stereocenters. The average Bonchev–Trinajstić information content (AvgIpc) is 2.86. The number of thioether (sulfide) groups is 1. The molecule has 0 radical (unpaired) electrons. The molecule has 0 saturated carbocycles. The summed E-state index contributed by atoms with van der Waals surface area (Å²) in [7, 11) is 2.02. The Labute approximate surface area is 118 Å². The van der Waals surface area contributed by atoms with E-state index in [0.29, 0.717) is 6.04 Å². The number of hydrazine groups is 1. The molecule has 0 aliphatic heterocycles. The van der Waals surface area contributed by atoms with E-state index in [1.54, 1.807) is 0 Å². The van der Waals surface area contributed by atoms with Crippen LogP contribution in [0.5, 0.6) is 0 Å². The van der Waals surface area contributed by atoms with Crippen molar-refractivity contribution in [1.29, 1.82) is 0 Å². The summed E-state index contributed by atoms with van der Waals surface area (Å²) >= 11 is 1.82. The van der Waals surface area contributed by atoms with Crippen molar-refractivity contribution < 1.29 is 0 Å². The number of imidazole rings is 1. The van der Waals surface area contributed by atoms with Crippen molar-refractivity contribution >= 4 is 11.8 Å². The molecule has 1 atom stereocenters. The minimum absolute atomic E-state index is 0.293. The first-order chi connectivity index (χ1) is 9.29. The van der Waals surface area contributed by atoms with E-state index in [0.717, 1.165) is 24.4 Å². The molecule has 2 rings (SSSR count). The maximum atomic E-state index is 5.62. The Kier molecular flexibility index (Phi) is 5.44. The largest absolute Gasteiger partial charge is 0.338 e. The molecule has 1 heterocycles. The van der Waals surface area contributed by atoms with Crippen molar-refractivity contribution in [1.82, 2.24) is 15.0 Å². The number of aromatic nitrogens is 2. The van der Waals surface area contributed by atoms with Crippen LogP contribution >= 0.6 is 11.8 Å². The van der Waals surface area contributed by atoms with E-state index in [1.807, 2.05) is 37.3 Å². The maximum Gasteiger partial charge on any atom is 0.108 e. The predicted octanol–water partition coefficient (Wildman–Crippen LogP) is 1.98. The van der Waals surface area contributed by atoms with Crippen LogP contribution in [0.2, 0.25) is 0 Å². The van der Waals surface area contributed by atoms with Gasteiger partial charge in [-0.05, 0) is 18.6 Å². The standard InChI is InChI=1S/C14H20N4S/c1-18-10-9-16-14(18)8-7-12(17-15)11-19-13-5-3-2-4-6-13/h2-6,9-10,12,17H,7-8,11,15H2,1H3. The smallest absolute Gasteiger partial charge is 0.108 e. The van der Waals surface area contributed by atoms with Gasteiger partial charge < -0.3 is 4.57 Å². The third kappa shape index (κ3) is 4.38. The Balaban J connectivity index is 1.79. The summed E-state index contributed by atoms with van der Waals surface area (Å²) in [5.74, 6) is 7.69. The molecule has 0 spiro atoms. The van der Waals surface area contributed by atoms with Gasteiger partial charge in [0.1, 0.15) is 5.82 Å². The second-order valence-electron chi connectivity index (χ2n) is 4.48. The van der Waals surface area contributed by atoms with Gasteiger partial charge in [-0.25, -0.2) is 4.98 Å². The monoisotopic (exact) mass is 276 g/mol. The van der Waals surface area contributed by atoms with E-state index < -0.39 is 0 Å². The van der Waals surface area contributed by atoms with Crippen molar-refractivity contribution in [2.24, 2.45) is 12.9 Å². The van der Waals surface area contributed by atoms with Crippen LogP contribution in [0.4, 0.5) is 0 Å². The lowest BCUT2D eigenvalue weighted by Crippen LogP contribution is -2.37. The Bertz CT molecular complexity index is 483. The molecule has 2 aromatic rings. The minimum Gasteiger partial charge on any atom is -0.338 e. The van der Waals surface area contributed by atoms with Gasteiger partial charge in [0, 0.05) is 42.6 Å². The molecular weight excluding hydrogens is 256 g/mol. The molecule has 0 aliphatic carbocycles. The first-order valence-electron chi connectivity index (χ1n) is 6.40. The summed E-state index contributed by atoms with van der Waals surface area (Å²) in [6.45, 7) is 0. The molecule has 4 nitrogen and oxygen atoms in total. The fourth-order valence-corrected chi connectivity index (χ4v) is 2.88. The molecule has 0 aliphatic rings. The van der Waals surface area contributed by atoms with Gasteiger partial charge in [-0.3, -0.25) is 11.3 Å². The van der Waals surface area contributed by atoms with Gasteiger partial charge in [-0.2, -0.15) is 0 Å². The Morgan fingerprint density at radius 3 is 2.79 bits per heavy atom. The van der Waals surface area contributed by atoms with Crippen LogP contribution < -0.4 is 11.3 Å². The summed E-state index contributed by atoms with van der Waals surface area (Å²) in [5.41, 5.74) is 2.90. The highest BCUT2D eigenvalue weighted by atomic mass is 32.2. The third-order valence-corrected chi connectivity index (χ3v) is 4.24. The molecule has 0 bridgehead atoms. The van der Waals surface area contributed by atoms with Gasteiger partial charge in [0.25, 0.3) is 0 Å². The van der Waals surface area contributed by atoms with Crippen LogP contribution in [-0.2, 0) is 13.5 Å². The van der Waals surface area contributed by atoms with Crippen LogP contribution in [0.25, 0.3) is 0 Å². The summed E-state index contributed by atoms with van der Waals surface area (Å²) in [5, 5.41) is 0. The predicted molar refractivity (Wildman–Crippen MR) is 79.8 cm³/mol. The molecule has 1 aromatic heterocycles. The Morgan fingerprint density at radius 1 is 1.37 bits per heavy atom. The highest BCUT2D eigenvalue weighted by Crippen LogP contribution is 2.19. The normalized spacial score (nSPS) is 12.5. The van der Waals surface area contributed by atoms with Crippen molar-refractivity contribution in [2.75, 3.05) is 5.75 Å². The Morgan fingerprint density at radius 2 is 2.16 bits per heavy atom. The number of nitrogens with zero attached hydrogens (tertiary/aromatic N) is 2. The first-order valence-corrected chi connectivity index (χ1v) is 7.38. The van der Waals surface area contributed by atoms with Crippen LogP contribution in [0.3, 0.4) is 0 Å². The lowest BCUT2D eigenvalue weighted by Gasteiger charge is -2.15. The second kappa shape index (κ2) is 7.33. The molecule has 0 fully saturated rings. The number of nitrogens with one attached hydrogen (secondary N) is 1. The van der Waals surface area contributed by atoms with Gasteiger partial charge >= 0.3 is 0 Å². The maximum absolute atomic E-state index is 5.62. The van der Waals surface area contributed by atoms with Crippen LogP contribution in [-0.4, -0.2) is 21.3 Å². The second-order valence-corrected chi connectivity index (χ2v) is 5.57. The topological polar surface area (TPSA) is 55.9 Å². The number of hydrogen-bond acceptors (Lipinski definition) is 4. The van der Waals surface area contributed by atoms with Crippen molar-refractivity contribution in [3.8, 4) is 0 Å². The van der Waals surface area contributed by atoms with E-state index in [9.17, 15) is 0 Å². The Hall–Kier alpha value is -1.30. The van der Waals surface area contributed by atoms with E-state index in [-0.39, 0.29) is 0 Å². The summed E-state index contributed by atoms with van der Waals surface area (Å²) < 4.78 is 2.05. The number of nitrogens with two attached hydrogens (primary N) is 1. The zero-order valence-corrected chi connectivity index (χ0v) is 11.9. The molecule has 0 amide bonds. The summed E-state index contributed by atoms with van der Waals surface area (Å²) in [6.07, 6.45) is 5.73. The number of benzene rings is 1. The highest BCUT2D eigenvalue weighted by molar-refractivity contribution is 7.99. The number of hydrogen-bond donors (Lipinski definition) is 2. The quantitative estimate of drug-likeness (QED) is 0.461. The van der Waals surface area contributed by atoms with E-state index in [2.05, 4.69) is 39.2 Å². The molecule has 3 N–H and O–H groups in total. The van der Waals surface area contributed by atoms with Gasteiger partial charge in [0.05, 0.1) is 0 Å². The SMILES string of the molecule is Cn1ccnc1CCC(CSc1ccccc1)NN. The number of aryl methyl sites for hydroxylation is 2. The van der Waals surface area contributed by atoms with E-state index in [4.69, 9.17) is 5.84 Å². The molecular formula is C14H20N4S. The van der Waals surface area contributed by atoms with Crippen molar-refractivity contribution in [3.63, 3.8) is 0 Å². The minimum atomic E-state index is 0.293. The van der Waals surface area contributed by atoms with Crippen LogP contribution in [0.15, 0.2) is 47.6 Å². The van der Waals surface area contributed by atoms with Gasteiger partial charge in [-0.1, -0.05) is 18.2 Å². The van der Waals surface area contributed by atoms with Crippen molar-refractivity contribution in [2.45, 2.75) is 23.8 Å². The molecule has 19 heavy (non-hydrogen) atoms. The molecule has 1 aromatic carbocycles. The van der Waals surface area contributed by atoms with E-state index >= 15 is 0 Å². The lowest BCUT2D eigenvalue weighted by atomic mass is 10.2. The lowest BCUT2D eigenvalue weighted by molar-refractivity contribution is 0.528. The highest BCUT2D eigenvalue weighted by Gasteiger charge is 2.09. The van der Waals surface area contributed by atoms with Gasteiger partial charge in [-0.15, -0.1) is 11.8 Å². The third-order valence-electron chi connectivity index (χ3n) is 3.07. The first kappa shape index (κ1) is 14.1. The fraction of sp³-hybridized carbons (Fsp3) is 0.357. The van der Waals surface area contributed by atoms with Crippen molar-refractivity contribution in [3.05, 3.63) is 48.5 Å². The zero-order valence-electron chi connectivity index (χ0n) is 11.1. The summed E-state index contributed by atoms with van der Waals surface area (Å²) in [6, 6.07) is 10.7. The number of rotatable bonds is 7. The average molecular weight is 276 g/mol. The molecule has 5 heteroatoms. The van der Waals surface area contributed by atoms with Crippen LogP contribution in [0, 0.1) is 0 Å². The molecule has 102 valence electrons. The van der Waals surface area contributed by atoms with Gasteiger partial charge in [0.2, 0.25) is 0 Å². The van der Waals surface area contributed by atoms with E-state index in [1.165, 1.54) is 4.90 Å². The fourth-order valence-electron chi connectivity index (χ4n) is 1.87. The van der Waals surface area contributed by atoms with Crippen LogP contribution in [0.1, 0.15) is 12.2 Å².